The third kappa shape index (κ3) is 3.70. The average Bonchev–Trinajstić information content (AvgIpc) is 3.08. The second kappa shape index (κ2) is 7.17. The maximum absolute atomic E-state index is 5.85. The summed E-state index contributed by atoms with van der Waals surface area (Å²) >= 11 is 0. The van der Waals surface area contributed by atoms with Gasteiger partial charge in [0.25, 0.3) is 0 Å². The van der Waals surface area contributed by atoms with Crippen LogP contribution in [0.2, 0.25) is 0 Å². The highest BCUT2D eigenvalue weighted by molar-refractivity contribution is 5.60. The second-order valence-corrected chi connectivity index (χ2v) is 6.26. The van der Waals surface area contributed by atoms with Crippen LogP contribution in [0.4, 0.5) is 0 Å². The van der Waals surface area contributed by atoms with Crippen molar-refractivity contribution in [1.29, 1.82) is 0 Å². The van der Waals surface area contributed by atoms with Crippen molar-refractivity contribution in [1.82, 2.24) is 5.32 Å². The summed E-state index contributed by atoms with van der Waals surface area (Å²) in [5.41, 5.74) is 0. The number of ether oxygens (including phenoxy) is 2. The maximum atomic E-state index is 5.85. The van der Waals surface area contributed by atoms with Crippen molar-refractivity contribution in [3.05, 3.63) is 18.2 Å². The van der Waals surface area contributed by atoms with Gasteiger partial charge in [0.15, 0.2) is 11.5 Å². The molecule has 2 fully saturated rings. The minimum absolute atomic E-state index is 0.434. The van der Waals surface area contributed by atoms with Crippen LogP contribution in [0.3, 0.4) is 0 Å². The van der Waals surface area contributed by atoms with E-state index in [1.165, 1.54) is 57.9 Å². The van der Waals surface area contributed by atoms with Crippen molar-refractivity contribution in [2.75, 3.05) is 6.54 Å². The quantitative estimate of drug-likeness (QED) is 0.892. The Labute approximate surface area is 128 Å². The van der Waals surface area contributed by atoms with Crippen LogP contribution in [0.1, 0.15) is 58.3 Å². The van der Waals surface area contributed by atoms with Gasteiger partial charge in [-0.2, -0.15) is 0 Å². The monoisotopic (exact) mass is 289 g/mol. The molecule has 3 nitrogen and oxygen atoms in total. The van der Waals surface area contributed by atoms with Crippen molar-refractivity contribution in [2.45, 2.75) is 70.4 Å². The topological polar surface area (TPSA) is 30.5 Å². The van der Waals surface area contributed by atoms with Gasteiger partial charge in [-0.15, -0.1) is 0 Å². The van der Waals surface area contributed by atoms with Crippen LogP contribution in [-0.4, -0.2) is 18.7 Å². The number of nitrogens with one attached hydrogen (secondary N) is 1. The standard InChI is InChI=1S/C11H12O2.C7H15N/c1-2-5-8(4-1)12-11-9-6-3-7-10(11)13-9;1-2-7-5-3-4-6-8-7/h3,6-8H,1-2,4-5H2;7-8H,2-6H2,1H3. The summed E-state index contributed by atoms with van der Waals surface area (Å²) in [7, 11) is 0. The van der Waals surface area contributed by atoms with Gasteiger partial charge < -0.3 is 14.8 Å². The molecule has 116 valence electrons. The molecule has 1 aliphatic carbocycles. The fourth-order valence-corrected chi connectivity index (χ4v) is 3.29. The van der Waals surface area contributed by atoms with E-state index in [-0.39, 0.29) is 0 Å². The van der Waals surface area contributed by atoms with Gasteiger partial charge in [0.05, 0.1) is 6.10 Å². The minimum Gasteiger partial charge on any atom is -0.483 e. The summed E-state index contributed by atoms with van der Waals surface area (Å²) in [6.45, 7) is 3.50. The van der Waals surface area contributed by atoms with Crippen LogP contribution in [0.5, 0.6) is 17.2 Å². The highest BCUT2D eigenvalue weighted by Crippen LogP contribution is 2.50. The number of hydrogen-bond acceptors (Lipinski definition) is 3. The Morgan fingerprint density at radius 2 is 1.81 bits per heavy atom. The Bertz CT molecular complexity index is 428. The van der Waals surface area contributed by atoms with Gasteiger partial charge in [0.2, 0.25) is 5.75 Å². The van der Waals surface area contributed by atoms with Crippen LogP contribution in [0.15, 0.2) is 18.2 Å². The lowest BCUT2D eigenvalue weighted by molar-refractivity contribution is 0.179. The summed E-state index contributed by atoms with van der Waals surface area (Å²) in [4.78, 5) is 0. The highest BCUT2D eigenvalue weighted by atomic mass is 16.6. The molecule has 3 aliphatic heterocycles. The van der Waals surface area contributed by atoms with E-state index in [0.717, 1.165) is 23.3 Å². The molecule has 1 N–H and O–H groups in total. The Kier molecular flexibility index (Phi) is 5.02. The van der Waals surface area contributed by atoms with Crippen molar-refractivity contribution in [3.63, 3.8) is 0 Å². The Balaban J connectivity index is 0.000000143. The molecule has 21 heavy (non-hydrogen) atoms. The maximum Gasteiger partial charge on any atom is 0.205 e. The summed E-state index contributed by atoms with van der Waals surface area (Å²) in [6.07, 6.45) is 11.0. The zero-order chi connectivity index (χ0) is 14.5. The lowest BCUT2D eigenvalue weighted by Gasteiger charge is -2.25. The zero-order valence-corrected chi connectivity index (χ0v) is 13.1. The summed E-state index contributed by atoms with van der Waals surface area (Å²) in [5, 5.41) is 3.47. The molecule has 0 aromatic heterocycles. The van der Waals surface area contributed by atoms with Gasteiger partial charge in [-0.05, 0) is 63.6 Å². The smallest absolute Gasteiger partial charge is 0.205 e. The molecule has 1 saturated carbocycles. The van der Waals surface area contributed by atoms with Crippen LogP contribution < -0.4 is 14.8 Å². The molecule has 5 rings (SSSR count). The van der Waals surface area contributed by atoms with Crippen molar-refractivity contribution in [2.24, 2.45) is 0 Å². The zero-order valence-electron chi connectivity index (χ0n) is 13.1. The lowest BCUT2D eigenvalue weighted by Crippen LogP contribution is -2.32. The molecular weight excluding hydrogens is 262 g/mol. The van der Waals surface area contributed by atoms with E-state index < -0.39 is 0 Å². The molecular formula is C18H27NO2. The first-order valence-corrected chi connectivity index (χ1v) is 8.57. The molecule has 1 aromatic carbocycles. The normalized spacial score (nSPS) is 23.6. The molecule has 0 amide bonds. The van der Waals surface area contributed by atoms with Gasteiger partial charge in [-0.3, -0.25) is 0 Å². The molecule has 4 aliphatic rings. The number of benzene rings is 1. The Morgan fingerprint density at radius 1 is 1.10 bits per heavy atom. The van der Waals surface area contributed by atoms with E-state index in [2.05, 4.69) is 12.2 Å². The summed E-state index contributed by atoms with van der Waals surface area (Å²) < 4.78 is 11.2. The molecule has 1 atom stereocenters. The molecule has 3 heteroatoms. The lowest BCUT2D eigenvalue weighted by atomic mass is 10.0. The van der Waals surface area contributed by atoms with E-state index in [1.54, 1.807) is 0 Å². The van der Waals surface area contributed by atoms with Crippen LogP contribution in [0, 0.1) is 0 Å². The fraction of sp³-hybridized carbons (Fsp3) is 0.667. The van der Waals surface area contributed by atoms with Crippen LogP contribution in [0.25, 0.3) is 0 Å². The number of hydrogen-bond donors (Lipinski definition) is 1. The largest absolute Gasteiger partial charge is 0.483 e. The van der Waals surface area contributed by atoms with E-state index in [4.69, 9.17) is 9.47 Å². The first kappa shape index (κ1) is 14.7. The first-order chi connectivity index (χ1) is 10.4. The van der Waals surface area contributed by atoms with Gasteiger partial charge in [0, 0.05) is 6.04 Å². The third-order valence-electron chi connectivity index (χ3n) is 4.65. The van der Waals surface area contributed by atoms with E-state index in [0.29, 0.717) is 6.10 Å². The van der Waals surface area contributed by atoms with Crippen LogP contribution >= 0.6 is 0 Å². The number of rotatable bonds is 3. The number of piperidine rings is 1. The molecule has 3 heterocycles. The molecule has 0 spiro atoms. The summed E-state index contributed by atoms with van der Waals surface area (Å²) in [5.74, 6) is 2.79. The van der Waals surface area contributed by atoms with Gasteiger partial charge in [-0.25, -0.2) is 0 Å². The second-order valence-electron chi connectivity index (χ2n) is 6.26. The van der Waals surface area contributed by atoms with E-state index in [9.17, 15) is 0 Å². The third-order valence-corrected chi connectivity index (χ3v) is 4.65. The summed E-state index contributed by atoms with van der Waals surface area (Å²) in [6, 6.07) is 6.74. The molecule has 0 radical (unpaired) electrons. The van der Waals surface area contributed by atoms with Gasteiger partial charge in [0.1, 0.15) is 0 Å². The molecule has 1 aromatic rings. The average molecular weight is 289 g/mol. The van der Waals surface area contributed by atoms with Crippen molar-refractivity contribution >= 4 is 0 Å². The van der Waals surface area contributed by atoms with E-state index in [1.807, 2.05) is 18.2 Å². The van der Waals surface area contributed by atoms with Crippen molar-refractivity contribution in [3.8, 4) is 17.2 Å². The Hall–Kier alpha value is -1.22. The molecule has 2 bridgehead atoms. The van der Waals surface area contributed by atoms with Crippen LogP contribution in [-0.2, 0) is 0 Å². The van der Waals surface area contributed by atoms with Gasteiger partial charge >= 0.3 is 0 Å². The van der Waals surface area contributed by atoms with Gasteiger partial charge in [-0.1, -0.05) is 19.4 Å². The van der Waals surface area contributed by atoms with E-state index >= 15 is 0 Å². The first-order valence-electron chi connectivity index (χ1n) is 8.57. The van der Waals surface area contributed by atoms with Crippen molar-refractivity contribution < 1.29 is 9.47 Å². The predicted molar refractivity (Wildman–Crippen MR) is 85.3 cm³/mol. The number of para-hydroxylation sites is 1. The fourth-order valence-electron chi connectivity index (χ4n) is 3.29. The molecule has 1 unspecified atom stereocenters. The number of fused-ring (bicyclic) bond motifs is 2. The minimum atomic E-state index is 0.434. The predicted octanol–water partition coefficient (Wildman–Crippen LogP) is 4.65. The Morgan fingerprint density at radius 3 is 2.33 bits per heavy atom. The SMILES string of the molecule is CCC1CCCCN1.c1cc2c(OC3CCCC3)c(c1)O2. The highest BCUT2D eigenvalue weighted by Gasteiger charge is 2.27. The molecule has 1 saturated heterocycles.